The first-order valence-electron chi connectivity index (χ1n) is 7.10. The lowest BCUT2D eigenvalue weighted by molar-refractivity contribution is 0.557. The summed E-state index contributed by atoms with van der Waals surface area (Å²) in [5, 5.41) is 0. The standard InChI is InChI=1S/C14H31OP/c1-4-5-6-7-8-9-10-11-12-13-14-16(2,3)15/h4-14H2,1-3H3. The average molecular weight is 246 g/mol. The summed E-state index contributed by atoms with van der Waals surface area (Å²) < 4.78 is 11.5. The van der Waals surface area contributed by atoms with Crippen molar-refractivity contribution < 1.29 is 4.57 Å². The topological polar surface area (TPSA) is 17.1 Å². The SMILES string of the molecule is CCCCCCCCCCCCP(C)(C)=O. The molecule has 0 aliphatic carbocycles. The molecule has 98 valence electrons. The van der Waals surface area contributed by atoms with Gasteiger partial charge in [0.15, 0.2) is 0 Å². The maximum Gasteiger partial charge on any atom is 0.0819 e. The summed E-state index contributed by atoms with van der Waals surface area (Å²) in [5.41, 5.74) is 0. The van der Waals surface area contributed by atoms with E-state index >= 15 is 0 Å². The molecule has 0 rings (SSSR count). The van der Waals surface area contributed by atoms with Crippen LogP contribution in [0, 0.1) is 0 Å². The molecule has 0 aromatic heterocycles. The van der Waals surface area contributed by atoms with E-state index in [0.29, 0.717) is 0 Å². The molecular weight excluding hydrogens is 215 g/mol. The highest BCUT2D eigenvalue weighted by molar-refractivity contribution is 7.62. The summed E-state index contributed by atoms with van der Waals surface area (Å²) in [5.74, 6) is 0. The molecule has 16 heavy (non-hydrogen) atoms. The summed E-state index contributed by atoms with van der Waals surface area (Å²) in [4.78, 5) is 0. The molecule has 0 heterocycles. The Morgan fingerprint density at radius 1 is 0.688 bits per heavy atom. The van der Waals surface area contributed by atoms with Crippen molar-refractivity contribution in [3.63, 3.8) is 0 Å². The van der Waals surface area contributed by atoms with Crippen LogP contribution in [-0.4, -0.2) is 19.5 Å². The van der Waals surface area contributed by atoms with E-state index in [1.165, 1.54) is 64.2 Å². The van der Waals surface area contributed by atoms with E-state index in [9.17, 15) is 4.57 Å². The van der Waals surface area contributed by atoms with Crippen LogP contribution in [0.2, 0.25) is 0 Å². The van der Waals surface area contributed by atoms with Gasteiger partial charge in [0.2, 0.25) is 0 Å². The van der Waals surface area contributed by atoms with E-state index in [-0.39, 0.29) is 0 Å². The molecule has 0 unspecified atom stereocenters. The maximum atomic E-state index is 11.5. The van der Waals surface area contributed by atoms with Gasteiger partial charge in [0.1, 0.15) is 0 Å². The van der Waals surface area contributed by atoms with Crippen molar-refractivity contribution in [3.05, 3.63) is 0 Å². The Hall–Kier alpha value is 0.230. The molecule has 2 heteroatoms. The molecule has 0 N–H and O–H groups in total. The van der Waals surface area contributed by atoms with Gasteiger partial charge in [-0.2, -0.15) is 0 Å². The normalized spacial score (nSPS) is 11.9. The molecule has 0 fully saturated rings. The third kappa shape index (κ3) is 14.2. The molecule has 0 aliphatic rings. The molecule has 0 radical (unpaired) electrons. The van der Waals surface area contributed by atoms with Crippen LogP contribution in [0.1, 0.15) is 71.1 Å². The van der Waals surface area contributed by atoms with Gasteiger partial charge in [-0.05, 0) is 19.8 Å². The molecule has 0 spiro atoms. The number of hydrogen-bond acceptors (Lipinski definition) is 1. The van der Waals surface area contributed by atoms with Crippen molar-refractivity contribution in [1.82, 2.24) is 0 Å². The van der Waals surface area contributed by atoms with E-state index < -0.39 is 7.14 Å². The zero-order chi connectivity index (χ0) is 12.3. The fourth-order valence-corrected chi connectivity index (χ4v) is 2.97. The lowest BCUT2D eigenvalue weighted by Gasteiger charge is -2.05. The third-order valence-corrected chi connectivity index (χ3v) is 4.44. The molecule has 0 atom stereocenters. The highest BCUT2D eigenvalue weighted by atomic mass is 31.2. The van der Waals surface area contributed by atoms with Crippen LogP contribution in [0.25, 0.3) is 0 Å². The second-order valence-electron chi connectivity index (χ2n) is 5.48. The van der Waals surface area contributed by atoms with Gasteiger partial charge >= 0.3 is 0 Å². The highest BCUT2D eigenvalue weighted by Gasteiger charge is 2.05. The fourth-order valence-electron chi connectivity index (χ4n) is 1.98. The molecule has 0 aromatic carbocycles. The van der Waals surface area contributed by atoms with Crippen molar-refractivity contribution in [3.8, 4) is 0 Å². The average Bonchev–Trinajstić information content (AvgIpc) is 2.19. The van der Waals surface area contributed by atoms with Crippen LogP contribution < -0.4 is 0 Å². The molecule has 0 saturated carbocycles. The first-order valence-corrected chi connectivity index (χ1v) is 9.89. The van der Waals surface area contributed by atoms with Crippen LogP contribution in [0.4, 0.5) is 0 Å². The second-order valence-corrected chi connectivity index (χ2v) is 9.07. The zero-order valence-electron chi connectivity index (χ0n) is 11.6. The lowest BCUT2D eigenvalue weighted by atomic mass is 10.1. The summed E-state index contributed by atoms with van der Waals surface area (Å²) in [6.07, 6.45) is 14.5. The minimum absolute atomic E-state index is 0.948. The fraction of sp³-hybridized carbons (Fsp3) is 1.00. The molecular formula is C14H31OP. The van der Waals surface area contributed by atoms with Crippen molar-refractivity contribution in [1.29, 1.82) is 0 Å². The maximum absolute atomic E-state index is 11.5. The van der Waals surface area contributed by atoms with Gasteiger partial charge in [0, 0.05) is 6.16 Å². The van der Waals surface area contributed by atoms with Crippen LogP contribution in [0.3, 0.4) is 0 Å². The summed E-state index contributed by atoms with van der Waals surface area (Å²) in [7, 11) is -1.74. The van der Waals surface area contributed by atoms with E-state index in [2.05, 4.69) is 6.92 Å². The first kappa shape index (κ1) is 16.2. The Labute approximate surface area is 103 Å². The minimum Gasteiger partial charge on any atom is -0.324 e. The summed E-state index contributed by atoms with van der Waals surface area (Å²) in [6.45, 7) is 6.07. The van der Waals surface area contributed by atoms with E-state index in [0.717, 1.165) is 6.16 Å². The van der Waals surface area contributed by atoms with Gasteiger partial charge in [0.25, 0.3) is 0 Å². The summed E-state index contributed by atoms with van der Waals surface area (Å²) >= 11 is 0. The molecule has 0 aliphatic heterocycles. The summed E-state index contributed by atoms with van der Waals surface area (Å²) in [6, 6.07) is 0. The van der Waals surface area contributed by atoms with Crippen molar-refractivity contribution >= 4 is 7.14 Å². The van der Waals surface area contributed by atoms with E-state index in [4.69, 9.17) is 0 Å². The molecule has 0 amide bonds. The Balaban J connectivity index is 3.02. The molecule has 0 saturated heterocycles. The van der Waals surface area contributed by atoms with Crippen LogP contribution in [-0.2, 0) is 4.57 Å². The Kier molecular flexibility index (Phi) is 10.5. The number of rotatable bonds is 11. The van der Waals surface area contributed by atoms with Crippen LogP contribution >= 0.6 is 7.14 Å². The molecule has 0 aromatic rings. The predicted molar refractivity (Wildman–Crippen MR) is 76.2 cm³/mol. The monoisotopic (exact) mass is 246 g/mol. The van der Waals surface area contributed by atoms with E-state index in [1.54, 1.807) is 0 Å². The Morgan fingerprint density at radius 2 is 1.06 bits per heavy atom. The smallest absolute Gasteiger partial charge is 0.0819 e. The van der Waals surface area contributed by atoms with Crippen LogP contribution in [0.5, 0.6) is 0 Å². The van der Waals surface area contributed by atoms with Gasteiger partial charge in [-0.15, -0.1) is 0 Å². The van der Waals surface area contributed by atoms with Crippen molar-refractivity contribution in [2.45, 2.75) is 71.1 Å². The van der Waals surface area contributed by atoms with E-state index in [1.807, 2.05) is 13.3 Å². The van der Waals surface area contributed by atoms with Crippen molar-refractivity contribution in [2.75, 3.05) is 19.5 Å². The van der Waals surface area contributed by atoms with Gasteiger partial charge in [-0.25, -0.2) is 0 Å². The predicted octanol–water partition coefficient (Wildman–Crippen LogP) is 5.53. The minimum atomic E-state index is -1.74. The van der Waals surface area contributed by atoms with Gasteiger partial charge < -0.3 is 4.57 Å². The van der Waals surface area contributed by atoms with Crippen molar-refractivity contribution in [2.24, 2.45) is 0 Å². The Bertz CT molecular complexity index is 183. The quantitative estimate of drug-likeness (QED) is 0.346. The Morgan fingerprint density at radius 3 is 1.44 bits per heavy atom. The first-order chi connectivity index (χ1) is 7.56. The molecule has 1 nitrogen and oxygen atoms in total. The lowest BCUT2D eigenvalue weighted by Crippen LogP contribution is -1.87. The third-order valence-electron chi connectivity index (χ3n) is 3.05. The number of unbranched alkanes of at least 4 members (excludes halogenated alkanes) is 9. The van der Waals surface area contributed by atoms with Gasteiger partial charge in [0.05, 0.1) is 7.14 Å². The van der Waals surface area contributed by atoms with Crippen LogP contribution in [0.15, 0.2) is 0 Å². The second kappa shape index (κ2) is 10.4. The van der Waals surface area contributed by atoms with Gasteiger partial charge in [-0.3, -0.25) is 0 Å². The van der Waals surface area contributed by atoms with Gasteiger partial charge in [-0.1, -0.05) is 64.7 Å². The largest absolute Gasteiger partial charge is 0.324 e. The number of hydrogen-bond donors (Lipinski definition) is 0. The highest BCUT2D eigenvalue weighted by Crippen LogP contribution is 2.36. The zero-order valence-corrected chi connectivity index (χ0v) is 12.5. The molecule has 0 bridgehead atoms.